The summed E-state index contributed by atoms with van der Waals surface area (Å²) < 4.78 is 32.2. The standard InChI is InChI=1S/C19H26N2O6S/c1-13(19(24)27-15(3)18(23)21-11-5-4-6-12-21)20-28(25,26)17-9-7-16(8-10-17)14(2)22/h7-10,13,15,20H,4-6,11-12H2,1-3H3/t13-,15-/m1/s1. The molecule has 28 heavy (non-hydrogen) atoms. The molecule has 0 saturated carbocycles. The summed E-state index contributed by atoms with van der Waals surface area (Å²) in [6, 6.07) is 4.21. The number of benzene rings is 1. The molecule has 0 bridgehead atoms. The van der Waals surface area contributed by atoms with Crippen LogP contribution in [0, 0.1) is 0 Å². The van der Waals surface area contributed by atoms with Gasteiger partial charge in [0.05, 0.1) is 4.90 Å². The van der Waals surface area contributed by atoms with Crippen molar-refractivity contribution in [2.45, 2.75) is 57.1 Å². The molecule has 0 unspecified atom stereocenters. The highest BCUT2D eigenvalue weighted by Crippen LogP contribution is 2.13. The minimum Gasteiger partial charge on any atom is -0.451 e. The Morgan fingerprint density at radius 2 is 1.61 bits per heavy atom. The Morgan fingerprint density at radius 3 is 2.14 bits per heavy atom. The highest BCUT2D eigenvalue weighted by molar-refractivity contribution is 7.89. The molecule has 0 aromatic heterocycles. The number of ether oxygens (including phenoxy) is 1. The molecular formula is C19H26N2O6S. The van der Waals surface area contributed by atoms with Crippen molar-refractivity contribution in [2.24, 2.45) is 0 Å². The summed E-state index contributed by atoms with van der Waals surface area (Å²) in [4.78, 5) is 37.4. The number of Topliss-reactive ketones (excluding diaryl/α,β-unsaturated/α-hetero) is 1. The first-order chi connectivity index (χ1) is 13.1. The van der Waals surface area contributed by atoms with Gasteiger partial charge in [0.25, 0.3) is 5.91 Å². The number of nitrogens with one attached hydrogen (secondary N) is 1. The van der Waals surface area contributed by atoms with Crippen molar-refractivity contribution < 1.29 is 27.5 Å². The first-order valence-corrected chi connectivity index (χ1v) is 10.7. The van der Waals surface area contributed by atoms with Crippen LogP contribution in [0.1, 0.15) is 50.4 Å². The second kappa shape index (κ2) is 9.29. The molecule has 1 aromatic rings. The van der Waals surface area contributed by atoms with Gasteiger partial charge in [-0.1, -0.05) is 12.1 Å². The van der Waals surface area contributed by atoms with Crippen LogP contribution in [0.15, 0.2) is 29.2 Å². The lowest BCUT2D eigenvalue weighted by atomic mass is 10.1. The van der Waals surface area contributed by atoms with Crippen LogP contribution in [0.25, 0.3) is 0 Å². The van der Waals surface area contributed by atoms with Crippen LogP contribution < -0.4 is 4.72 Å². The Morgan fingerprint density at radius 1 is 1.04 bits per heavy atom. The molecule has 1 amide bonds. The summed E-state index contributed by atoms with van der Waals surface area (Å²) in [5, 5.41) is 0. The van der Waals surface area contributed by atoms with E-state index in [0.29, 0.717) is 18.7 Å². The zero-order valence-corrected chi connectivity index (χ0v) is 17.1. The average molecular weight is 410 g/mol. The summed E-state index contributed by atoms with van der Waals surface area (Å²) in [5.41, 5.74) is 0.386. The summed E-state index contributed by atoms with van der Waals surface area (Å²) in [7, 11) is -3.98. The van der Waals surface area contributed by atoms with Gasteiger partial charge in [0.2, 0.25) is 10.0 Å². The van der Waals surface area contributed by atoms with Gasteiger partial charge >= 0.3 is 5.97 Å². The molecule has 1 N–H and O–H groups in total. The van der Waals surface area contributed by atoms with Crippen LogP contribution in [0.4, 0.5) is 0 Å². The molecule has 0 radical (unpaired) electrons. The Balaban J connectivity index is 1.96. The van der Waals surface area contributed by atoms with Gasteiger partial charge in [-0.15, -0.1) is 0 Å². The molecule has 8 nitrogen and oxygen atoms in total. The number of sulfonamides is 1. The third-order valence-corrected chi connectivity index (χ3v) is 6.12. The topological polar surface area (TPSA) is 110 Å². The second-order valence-corrected chi connectivity index (χ2v) is 8.60. The van der Waals surface area contributed by atoms with Gasteiger partial charge in [-0.25, -0.2) is 8.42 Å². The number of nitrogens with zero attached hydrogens (tertiary/aromatic N) is 1. The number of hydrogen-bond donors (Lipinski definition) is 1. The second-order valence-electron chi connectivity index (χ2n) is 6.89. The first kappa shape index (κ1) is 22.0. The Bertz CT molecular complexity index is 828. The highest BCUT2D eigenvalue weighted by atomic mass is 32.2. The number of carbonyl (C=O) groups excluding carboxylic acids is 3. The third-order valence-electron chi connectivity index (χ3n) is 4.57. The quantitative estimate of drug-likeness (QED) is 0.539. The predicted octanol–water partition coefficient (Wildman–Crippen LogP) is 1.50. The Kier molecular flexibility index (Phi) is 7.31. The molecule has 1 aromatic carbocycles. The predicted molar refractivity (Wildman–Crippen MR) is 102 cm³/mol. The van der Waals surface area contributed by atoms with Crippen LogP contribution in [0.2, 0.25) is 0 Å². The minimum atomic E-state index is -3.98. The molecule has 1 fully saturated rings. The first-order valence-electron chi connectivity index (χ1n) is 9.24. The zero-order valence-electron chi connectivity index (χ0n) is 16.3. The molecule has 1 heterocycles. The van der Waals surface area contributed by atoms with Gasteiger partial charge in [-0.2, -0.15) is 4.72 Å². The van der Waals surface area contributed by atoms with Crippen molar-refractivity contribution in [2.75, 3.05) is 13.1 Å². The number of ketones is 1. The van der Waals surface area contributed by atoms with E-state index in [2.05, 4.69) is 4.72 Å². The maximum Gasteiger partial charge on any atom is 0.324 e. The van der Waals surface area contributed by atoms with E-state index >= 15 is 0 Å². The lowest BCUT2D eigenvalue weighted by molar-refractivity contribution is -0.160. The Labute approximate surface area is 165 Å². The zero-order chi connectivity index (χ0) is 20.9. The summed E-state index contributed by atoms with van der Waals surface area (Å²) in [6.07, 6.45) is 1.94. The molecule has 154 valence electrons. The fourth-order valence-corrected chi connectivity index (χ4v) is 4.11. The molecule has 0 aliphatic carbocycles. The number of carbonyl (C=O) groups is 3. The smallest absolute Gasteiger partial charge is 0.324 e. The molecule has 9 heteroatoms. The van der Waals surface area contributed by atoms with Crippen molar-refractivity contribution in [3.63, 3.8) is 0 Å². The van der Waals surface area contributed by atoms with E-state index in [0.717, 1.165) is 19.3 Å². The van der Waals surface area contributed by atoms with Crippen molar-refractivity contribution in [3.05, 3.63) is 29.8 Å². The normalized spacial score (nSPS) is 16.9. The van der Waals surface area contributed by atoms with Crippen LogP contribution in [-0.4, -0.2) is 56.2 Å². The molecule has 1 aliphatic heterocycles. The van der Waals surface area contributed by atoms with E-state index in [1.165, 1.54) is 45.0 Å². The average Bonchev–Trinajstić information content (AvgIpc) is 2.67. The number of rotatable bonds is 7. The summed E-state index contributed by atoms with van der Waals surface area (Å²) in [5.74, 6) is -1.29. The fourth-order valence-electron chi connectivity index (χ4n) is 2.92. The molecule has 1 aliphatic rings. The molecule has 2 rings (SSSR count). The maximum absolute atomic E-state index is 12.4. The van der Waals surface area contributed by atoms with Crippen molar-refractivity contribution in [1.82, 2.24) is 9.62 Å². The van der Waals surface area contributed by atoms with Gasteiger partial charge in [0.15, 0.2) is 11.9 Å². The van der Waals surface area contributed by atoms with Gasteiger partial charge in [0.1, 0.15) is 6.04 Å². The maximum atomic E-state index is 12.4. The lowest BCUT2D eigenvalue weighted by Gasteiger charge is -2.29. The van der Waals surface area contributed by atoms with Gasteiger partial charge in [-0.3, -0.25) is 14.4 Å². The van der Waals surface area contributed by atoms with Gasteiger partial charge in [-0.05, 0) is 52.2 Å². The van der Waals surface area contributed by atoms with Crippen LogP contribution in [0.3, 0.4) is 0 Å². The number of piperidine rings is 1. The van der Waals surface area contributed by atoms with Crippen molar-refractivity contribution >= 4 is 27.7 Å². The summed E-state index contributed by atoms with van der Waals surface area (Å²) in [6.45, 7) is 5.49. The van der Waals surface area contributed by atoms with Crippen molar-refractivity contribution in [1.29, 1.82) is 0 Å². The molecule has 0 spiro atoms. The van der Waals surface area contributed by atoms with Crippen molar-refractivity contribution in [3.8, 4) is 0 Å². The van der Waals surface area contributed by atoms with Crippen LogP contribution >= 0.6 is 0 Å². The fraction of sp³-hybridized carbons (Fsp3) is 0.526. The molecule has 1 saturated heterocycles. The lowest BCUT2D eigenvalue weighted by Crippen LogP contribution is -2.45. The number of esters is 1. The largest absolute Gasteiger partial charge is 0.451 e. The summed E-state index contributed by atoms with van der Waals surface area (Å²) >= 11 is 0. The Hall–Kier alpha value is -2.26. The van der Waals surface area contributed by atoms with E-state index in [1.807, 2.05) is 0 Å². The SMILES string of the molecule is CC(=O)c1ccc(S(=O)(=O)N[C@H](C)C(=O)O[C@H](C)C(=O)N2CCCCC2)cc1. The van der Waals surface area contributed by atoms with E-state index in [1.54, 1.807) is 4.90 Å². The number of amides is 1. The minimum absolute atomic E-state index is 0.0745. The van der Waals surface area contributed by atoms with Gasteiger partial charge in [0, 0.05) is 18.7 Å². The monoisotopic (exact) mass is 410 g/mol. The third kappa shape index (κ3) is 5.62. The molecule has 2 atom stereocenters. The highest BCUT2D eigenvalue weighted by Gasteiger charge is 2.29. The van der Waals surface area contributed by atoms with E-state index in [9.17, 15) is 22.8 Å². The number of hydrogen-bond acceptors (Lipinski definition) is 6. The van der Waals surface area contributed by atoms with E-state index in [-0.39, 0.29) is 16.6 Å². The van der Waals surface area contributed by atoms with E-state index < -0.39 is 28.1 Å². The molecular weight excluding hydrogens is 384 g/mol. The van der Waals surface area contributed by atoms with Gasteiger partial charge < -0.3 is 9.64 Å². The van der Waals surface area contributed by atoms with E-state index in [4.69, 9.17) is 4.74 Å². The van der Waals surface area contributed by atoms with Crippen LogP contribution in [0.5, 0.6) is 0 Å². The number of likely N-dealkylation sites (tertiary alicyclic amines) is 1. The van der Waals surface area contributed by atoms with Crippen LogP contribution in [-0.2, 0) is 24.3 Å².